The molecule has 30 heavy (non-hydrogen) atoms. The lowest BCUT2D eigenvalue weighted by Gasteiger charge is -2.39. The second-order valence-electron chi connectivity index (χ2n) is 7.98. The molecular formula is C21H25ClN2O4S2. The number of halogens is 1. The first-order valence-electron chi connectivity index (χ1n) is 9.95. The van der Waals surface area contributed by atoms with Crippen molar-refractivity contribution in [2.75, 3.05) is 37.7 Å². The van der Waals surface area contributed by atoms with Crippen LogP contribution in [0, 0.1) is 0 Å². The first kappa shape index (κ1) is 21.8. The summed E-state index contributed by atoms with van der Waals surface area (Å²) in [5, 5.41) is -0.511. The molecule has 162 valence electrons. The molecule has 0 bridgehead atoms. The summed E-state index contributed by atoms with van der Waals surface area (Å²) in [5.74, 6) is -0.434. The van der Waals surface area contributed by atoms with Gasteiger partial charge in [-0.25, -0.2) is 16.8 Å². The third-order valence-electron chi connectivity index (χ3n) is 5.94. The fraction of sp³-hybridized carbons (Fsp3) is 0.429. The van der Waals surface area contributed by atoms with Crippen LogP contribution in [0.25, 0.3) is 0 Å². The number of nitrogens with zero attached hydrogens (tertiary/aromatic N) is 2. The van der Waals surface area contributed by atoms with E-state index >= 15 is 0 Å². The minimum Gasteiger partial charge on any atom is -0.297 e. The lowest BCUT2D eigenvalue weighted by molar-refractivity contribution is 0.101. The Hall–Kier alpha value is -1.45. The van der Waals surface area contributed by atoms with Gasteiger partial charge in [0.2, 0.25) is 0 Å². The van der Waals surface area contributed by atoms with Crippen molar-refractivity contribution in [1.82, 2.24) is 9.80 Å². The molecule has 4 rings (SSSR count). The summed E-state index contributed by atoms with van der Waals surface area (Å²) in [6, 6.07) is 15.6. The molecule has 6 nitrogen and oxygen atoms in total. The number of piperazine rings is 1. The zero-order valence-electron chi connectivity index (χ0n) is 16.5. The Labute approximate surface area is 183 Å². The standard InChI is InChI=1S/C21H25ClN2O4S2/c22-18-6-8-19(9-7-18)30(27,28)21-16-29(25,26)15-20(21)24-12-10-23(11-13-24)14-17-4-2-1-3-5-17/h1-9,20-21H,10-16H2. The van der Waals surface area contributed by atoms with Crippen LogP contribution in [0.2, 0.25) is 5.02 Å². The SMILES string of the molecule is O=S1(=O)CC(N2CCN(Cc3ccccc3)CC2)C(S(=O)(=O)c2ccc(Cl)cc2)C1. The highest BCUT2D eigenvalue weighted by Gasteiger charge is 2.48. The average molecular weight is 469 g/mol. The average Bonchev–Trinajstić information content (AvgIpc) is 3.06. The number of benzene rings is 2. The molecule has 0 radical (unpaired) electrons. The van der Waals surface area contributed by atoms with E-state index in [2.05, 4.69) is 17.0 Å². The second-order valence-corrected chi connectivity index (χ2v) is 12.7. The molecule has 2 aliphatic rings. The van der Waals surface area contributed by atoms with Crippen molar-refractivity contribution in [2.45, 2.75) is 22.7 Å². The predicted octanol–water partition coefficient (Wildman–Crippen LogP) is 2.10. The highest BCUT2D eigenvalue weighted by atomic mass is 35.5. The predicted molar refractivity (Wildman–Crippen MR) is 118 cm³/mol. The van der Waals surface area contributed by atoms with Crippen molar-refractivity contribution in [2.24, 2.45) is 0 Å². The van der Waals surface area contributed by atoms with Gasteiger partial charge >= 0.3 is 0 Å². The quantitative estimate of drug-likeness (QED) is 0.669. The second kappa shape index (κ2) is 8.59. The molecule has 2 unspecified atom stereocenters. The van der Waals surface area contributed by atoms with Crippen LogP contribution in [-0.4, -0.2) is 75.6 Å². The van der Waals surface area contributed by atoms with Crippen molar-refractivity contribution in [1.29, 1.82) is 0 Å². The lowest BCUT2D eigenvalue weighted by Crippen LogP contribution is -2.54. The van der Waals surface area contributed by atoms with Gasteiger partial charge in [-0.15, -0.1) is 0 Å². The maximum atomic E-state index is 13.2. The molecule has 2 aromatic carbocycles. The Kier molecular flexibility index (Phi) is 6.23. The minimum atomic E-state index is -3.78. The molecule has 2 heterocycles. The van der Waals surface area contributed by atoms with E-state index in [0.717, 1.165) is 19.6 Å². The molecule has 0 aliphatic carbocycles. The topological polar surface area (TPSA) is 74.8 Å². The molecule has 2 fully saturated rings. The summed E-state index contributed by atoms with van der Waals surface area (Å²) in [6.07, 6.45) is 0. The van der Waals surface area contributed by atoms with E-state index in [1.807, 2.05) is 23.1 Å². The smallest absolute Gasteiger partial charge is 0.183 e. The van der Waals surface area contributed by atoms with Gasteiger partial charge in [0.25, 0.3) is 0 Å². The molecule has 2 aliphatic heterocycles. The Morgan fingerprint density at radius 2 is 1.53 bits per heavy atom. The van der Waals surface area contributed by atoms with Gasteiger partial charge in [-0.2, -0.15) is 0 Å². The Morgan fingerprint density at radius 3 is 2.17 bits per heavy atom. The van der Waals surface area contributed by atoms with Crippen molar-refractivity contribution in [3.63, 3.8) is 0 Å². The van der Waals surface area contributed by atoms with E-state index in [0.29, 0.717) is 18.1 Å². The van der Waals surface area contributed by atoms with Gasteiger partial charge in [-0.05, 0) is 29.8 Å². The van der Waals surface area contributed by atoms with Gasteiger partial charge < -0.3 is 0 Å². The highest BCUT2D eigenvalue weighted by Crippen LogP contribution is 2.30. The lowest BCUT2D eigenvalue weighted by atomic mass is 10.1. The number of hydrogen-bond donors (Lipinski definition) is 0. The minimum absolute atomic E-state index is 0.108. The largest absolute Gasteiger partial charge is 0.297 e. The summed E-state index contributed by atoms with van der Waals surface area (Å²) in [7, 11) is -7.20. The van der Waals surface area contributed by atoms with E-state index in [1.54, 1.807) is 0 Å². The summed E-state index contributed by atoms with van der Waals surface area (Å²) in [4.78, 5) is 4.49. The first-order chi connectivity index (χ1) is 14.2. The third kappa shape index (κ3) is 4.73. The monoisotopic (exact) mass is 468 g/mol. The first-order valence-corrected chi connectivity index (χ1v) is 13.7. The zero-order valence-corrected chi connectivity index (χ0v) is 18.9. The van der Waals surface area contributed by atoms with Crippen molar-refractivity contribution in [3.05, 3.63) is 65.2 Å². The molecule has 0 amide bonds. The van der Waals surface area contributed by atoms with E-state index in [1.165, 1.54) is 29.8 Å². The molecule has 0 aromatic heterocycles. The Balaban J connectivity index is 1.49. The van der Waals surface area contributed by atoms with Crippen LogP contribution >= 0.6 is 11.6 Å². The highest BCUT2D eigenvalue weighted by molar-refractivity contribution is 7.96. The maximum absolute atomic E-state index is 13.2. The molecular weight excluding hydrogens is 444 g/mol. The number of rotatable bonds is 5. The van der Waals surface area contributed by atoms with Crippen LogP contribution in [0.15, 0.2) is 59.5 Å². The third-order valence-corrected chi connectivity index (χ3v) is 10.3. The number of hydrogen-bond acceptors (Lipinski definition) is 6. The molecule has 2 saturated heterocycles. The van der Waals surface area contributed by atoms with Gasteiger partial charge in [-0.3, -0.25) is 9.80 Å². The van der Waals surface area contributed by atoms with Crippen LogP contribution in [-0.2, 0) is 26.2 Å². The van der Waals surface area contributed by atoms with E-state index in [9.17, 15) is 16.8 Å². The van der Waals surface area contributed by atoms with Crippen LogP contribution in [0.3, 0.4) is 0 Å². The molecule has 2 atom stereocenters. The molecule has 2 aromatic rings. The Morgan fingerprint density at radius 1 is 0.900 bits per heavy atom. The van der Waals surface area contributed by atoms with Gasteiger partial charge in [-0.1, -0.05) is 41.9 Å². The maximum Gasteiger partial charge on any atom is 0.183 e. The summed E-state index contributed by atoms with van der Waals surface area (Å²) in [5.41, 5.74) is 1.23. The van der Waals surface area contributed by atoms with Gasteiger partial charge in [0.05, 0.1) is 21.7 Å². The van der Waals surface area contributed by atoms with E-state index in [-0.39, 0.29) is 16.4 Å². The summed E-state index contributed by atoms with van der Waals surface area (Å²) in [6.45, 7) is 3.70. The molecule has 0 spiro atoms. The van der Waals surface area contributed by atoms with Crippen LogP contribution in [0.4, 0.5) is 0 Å². The number of sulfone groups is 2. The van der Waals surface area contributed by atoms with Crippen molar-refractivity contribution < 1.29 is 16.8 Å². The van der Waals surface area contributed by atoms with Crippen LogP contribution < -0.4 is 0 Å². The fourth-order valence-corrected chi connectivity index (χ4v) is 9.28. The van der Waals surface area contributed by atoms with E-state index in [4.69, 9.17) is 11.6 Å². The molecule has 0 N–H and O–H groups in total. The summed E-state index contributed by atoms with van der Waals surface area (Å²) < 4.78 is 51.3. The van der Waals surface area contributed by atoms with Gasteiger partial charge in [0, 0.05) is 43.8 Å². The van der Waals surface area contributed by atoms with Gasteiger partial charge in [0.15, 0.2) is 19.7 Å². The van der Waals surface area contributed by atoms with Crippen LogP contribution in [0.5, 0.6) is 0 Å². The van der Waals surface area contributed by atoms with Gasteiger partial charge in [0.1, 0.15) is 0 Å². The van der Waals surface area contributed by atoms with Crippen molar-refractivity contribution >= 4 is 31.3 Å². The van der Waals surface area contributed by atoms with Crippen molar-refractivity contribution in [3.8, 4) is 0 Å². The molecule has 9 heteroatoms. The molecule has 0 saturated carbocycles. The Bertz CT molecular complexity index is 1080. The fourth-order valence-electron chi connectivity index (χ4n) is 4.33. The summed E-state index contributed by atoms with van der Waals surface area (Å²) >= 11 is 5.89. The van der Waals surface area contributed by atoms with Crippen LogP contribution in [0.1, 0.15) is 5.56 Å². The normalized spacial score (nSPS) is 25.4. The van der Waals surface area contributed by atoms with E-state index < -0.39 is 31.0 Å². The zero-order chi connectivity index (χ0) is 21.4.